The number of ether oxygens (including phenoxy) is 1. The lowest BCUT2D eigenvalue weighted by molar-refractivity contribution is 0.0364. The molecule has 0 aliphatic heterocycles. The fourth-order valence-electron chi connectivity index (χ4n) is 1.63. The molecule has 0 saturated carbocycles. The summed E-state index contributed by atoms with van der Waals surface area (Å²) in [4.78, 5) is 0. The largest absolute Gasteiger partial charge is 0.394 e. The van der Waals surface area contributed by atoms with Gasteiger partial charge in [0.2, 0.25) is 0 Å². The third-order valence-corrected chi connectivity index (χ3v) is 2.70. The minimum Gasteiger partial charge on any atom is -0.394 e. The van der Waals surface area contributed by atoms with E-state index in [0.29, 0.717) is 12.7 Å². The van der Waals surface area contributed by atoms with Gasteiger partial charge in [0.25, 0.3) is 0 Å². The number of likely N-dealkylation sites (N-methyl/N-ethyl adjacent to an activating group) is 1. The van der Waals surface area contributed by atoms with Gasteiger partial charge >= 0.3 is 0 Å². The Labute approximate surface area is 94.2 Å². The van der Waals surface area contributed by atoms with Crippen molar-refractivity contribution in [1.82, 2.24) is 5.32 Å². The van der Waals surface area contributed by atoms with Crippen molar-refractivity contribution in [3.8, 4) is 0 Å². The molecule has 2 atom stereocenters. The third-order valence-electron chi connectivity index (χ3n) is 2.70. The molecule has 0 radical (unpaired) electrons. The molecular weight excluding hydrogens is 190 g/mol. The summed E-state index contributed by atoms with van der Waals surface area (Å²) in [5, 5.41) is 12.6. The van der Waals surface area contributed by atoms with Crippen molar-refractivity contribution in [2.75, 3.05) is 19.8 Å². The first-order chi connectivity index (χ1) is 7.08. The zero-order valence-electron chi connectivity index (χ0n) is 10.7. The molecule has 0 spiro atoms. The highest BCUT2D eigenvalue weighted by Gasteiger charge is 2.21. The van der Waals surface area contributed by atoms with Gasteiger partial charge in [0.1, 0.15) is 0 Å². The van der Waals surface area contributed by atoms with Crippen molar-refractivity contribution in [3.63, 3.8) is 0 Å². The van der Waals surface area contributed by atoms with E-state index in [-0.39, 0.29) is 12.1 Å². The molecule has 0 aliphatic carbocycles. The topological polar surface area (TPSA) is 41.5 Å². The SMILES string of the molecule is CCCC(C)OCCC(C)(CO)NCC. The molecular formula is C12H27NO2. The van der Waals surface area contributed by atoms with Crippen LogP contribution in [0.25, 0.3) is 0 Å². The molecule has 3 nitrogen and oxygen atoms in total. The van der Waals surface area contributed by atoms with Crippen molar-refractivity contribution in [2.45, 2.75) is 58.6 Å². The van der Waals surface area contributed by atoms with E-state index in [4.69, 9.17) is 4.74 Å². The molecule has 2 N–H and O–H groups in total. The van der Waals surface area contributed by atoms with Crippen LogP contribution in [0.2, 0.25) is 0 Å². The van der Waals surface area contributed by atoms with Crippen LogP contribution >= 0.6 is 0 Å². The number of aliphatic hydroxyl groups is 1. The molecule has 0 heterocycles. The first-order valence-corrected chi connectivity index (χ1v) is 6.05. The molecule has 3 heteroatoms. The number of rotatable bonds is 9. The summed E-state index contributed by atoms with van der Waals surface area (Å²) in [5.41, 5.74) is -0.194. The van der Waals surface area contributed by atoms with E-state index in [9.17, 15) is 5.11 Å². The first-order valence-electron chi connectivity index (χ1n) is 6.05. The van der Waals surface area contributed by atoms with Crippen LogP contribution in [0.3, 0.4) is 0 Å². The minimum absolute atomic E-state index is 0.159. The van der Waals surface area contributed by atoms with E-state index < -0.39 is 0 Å². The summed E-state index contributed by atoms with van der Waals surface area (Å²) in [6.07, 6.45) is 3.45. The third kappa shape index (κ3) is 6.88. The highest BCUT2D eigenvalue weighted by molar-refractivity contribution is 4.81. The van der Waals surface area contributed by atoms with E-state index in [1.54, 1.807) is 0 Å². The van der Waals surface area contributed by atoms with Crippen molar-refractivity contribution >= 4 is 0 Å². The van der Waals surface area contributed by atoms with Crippen molar-refractivity contribution < 1.29 is 9.84 Å². The summed E-state index contributed by atoms with van der Waals surface area (Å²) < 4.78 is 5.68. The van der Waals surface area contributed by atoms with E-state index in [0.717, 1.165) is 25.8 Å². The molecule has 0 rings (SSSR count). The fraction of sp³-hybridized carbons (Fsp3) is 1.00. The normalized spacial score (nSPS) is 17.4. The molecule has 0 aromatic rings. The van der Waals surface area contributed by atoms with Gasteiger partial charge in [-0.3, -0.25) is 0 Å². The maximum Gasteiger partial charge on any atom is 0.0611 e. The monoisotopic (exact) mass is 217 g/mol. The molecule has 0 saturated heterocycles. The second-order valence-electron chi connectivity index (χ2n) is 4.47. The molecule has 0 fully saturated rings. The van der Waals surface area contributed by atoms with Gasteiger partial charge < -0.3 is 15.2 Å². The smallest absolute Gasteiger partial charge is 0.0611 e. The Balaban J connectivity index is 3.71. The lowest BCUT2D eigenvalue weighted by Crippen LogP contribution is -2.46. The maximum absolute atomic E-state index is 9.27. The van der Waals surface area contributed by atoms with Gasteiger partial charge in [-0.15, -0.1) is 0 Å². The second kappa shape index (κ2) is 8.08. The number of hydrogen-bond acceptors (Lipinski definition) is 3. The average molecular weight is 217 g/mol. The standard InChI is InChI=1S/C12H27NO2/c1-5-7-11(3)15-9-8-12(4,10-14)13-6-2/h11,13-14H,5-10H2,1-4H3. The van der Waals surface area contributed by atoms with Gasteiger partial charge in [-0.25, -0.2) is 0 Å². The molecule has 0 aromatic carbocycles. The second-order valence-corrected chi connectivity index (χ2v) is 4.47. The Kier molecular flexibility index (Phi) is 8.02. The fourth-order valence-corrected chi connectivity index (χ4v) is 1.63. The lowest BCUT2D eigenvalue weighted by Gasteiger charge is -2.28. The average Bonchev–Trinajstić information content (AvgIpc) is 2.18. The van der Waals surface area contributed by atoms with Crippen molar-refractivity contribution in [2.24, 2.45) is 0 Å². The Hall–Kier alpha value is -0.120. The highest BCUT2D eigenvalue weighted by Crippen LogP contribution is 2.10. The predicted molar refractivity (Wildman–Crippen MR) is 64.1 cm³/mol. The lowest BCUT2D eigenvalue weighted by atomic mass is 9.99. The van der Waals surface area contributed by atoms with Gasteiger partial charge in [-0.1, -0.05) is 20.3 Å². The molecule has 0 amide bonds. The molecule has 0 aliphatic rings. The number of nitrogens with one attached hydrogen (secondary N) is 1. The van der Waals surface area contributed by atoms with Gasteiger partial charge in [-0.2, -0.15) is 0 Å². The number of hydrogen-bond donors (Lipinski definition) is 2. The molecule has 92 valence electrons. The summed E-state index contributed by atoms with van der Waals surface area (Å²) in [6.45, 7) is 10.1. The summed E-state index contributed by atoms with van der Waals surface area (Å²) in [6, 6.07) is 0. The van der Waals surface area contributed by atoms with Crippen LogP contribution in [0.4, 0.5) is 0 Å². The molecule has 2 unspecified atom stereocenters. The maximum atomic E-state index is 9.27. The van der Waals surface area contributed by atoms with E-state index in [1.165, 1.54) is 0 Å². The Morgan fingerprint density at radius 3 is 2.53 bits per heavy atom. The highest BCUT2D eigenvalue weighted by atomic mass is 16.5. The Bertz CT molecular complexity index is 153. The Morgan fingerprint density at radius 2 is 2.07 bits per heavy atom. The zero-order valence-corrected chi connectivity index (χ0v) is 10.7. The van der Waals surface area contributed by atoms with Crippen LogP contribution in [-0.2, 0) is 4.74 Å². The minimum atomic E-state index is -0.194. The van der Waals surface area contributed by atoms with Crippen LogP contribution in [0.1, 0.15) is 47.0 Å². The van der Waals surface area contributed by atoms with E-state index in [1.807, 2.05) is 6.92 Å². The van der Waals surface area contributed by atoms with Crippen LogP contribution in [0, 0.1) is 0 Å². The number of aliphatic hydroxyl groups excluding tert-OH is 1. The van der Waals surface area contributed by atoms with Crippen LogP contribution in [-0.4, -0.2) is 36.5 Å². The van der Waals surface area contributed by atoms with Gasteiger partial charge in [-0.05, 0) is 33.2 Å². The quantitative estimate of drug-likeness (QED) is 0.620. The van der Waals surface area contributed by atoms with Crippen molar-refractivity contribution in [3.05, 3.63) is 0 Å². The molecule has 0 bridgehead atoms. The van der Waals surface area contributed by atoms with Gasteiger partial charge in [0.15, 0.2) is 0 Å². The zero-order chi connectivity index (χ0) is 11.7. The van der Waals surface area contributed by atoms with Gasteiger partial charge in [0.05, 0.1) is 12.7 Å². The molecule has 0 aromatic heterocycles. The summed E-state index contributed by atoms with van der Waals surface area (Å²) in [7, 11) is 0. The summed E-state index contributed by atoms with van der Waals surface area (Å²) in [5.74, 6) is 0. The predicted octanol–water partition coefficient (Wildman–Crippen LogP) is 1.94. The summed E-state index contributed by atoms with van der Waals surface area (Å²) >= 11 is 0. The van der Waals surface area contributed by atoms with Crippen LogP contribution in [0.5, 0.6) is 0 Å². The first kappa shape index (κ1) is 14.9. The van der Waals surface area contributed by atoms with E-state index >= 15 is 0 Å². The van der Waals surface area contributed by atoms with Crippen LogP contribution < -0.4 is 5.32 Å². The Morgan fingerprint density at radius 1 is 1.40 bits per heavy atom. The molecule has 15 heavy (non-hydrogen) atoms. The van der Waals surface area contributed by atoms with Gasteiger partial charge in [0, 0.05) is 12.1 Å². The van der Waals surface area contributed by atoms with E-state index in [2.05, 4.69) is 26.1 Å². The van der Waals surface area contributed by atoms with Crippen molar-refractivity contribution in [1.29, 1.82) is 0 Å². The van der Waals surface area contributed by atoms with Crippen LogP contribution in [0.15, 0.2) is 0 Å².